The van der Waals surface area contributed by atoms with Crippen LogP contribution in [-0.2, 0) is 16.6 Å². The minimum absolute atomic E-state index is 0.363. The number of halogens is 1. The second-order valence-electron chi connectivity index (χ2n) is 3.94. The van der Waals surface area contributed by atoms with E-state index in [2.05, 4.69) is 0 Å². The first-order chi connectivity index (χ1) is 6.54. The lowest BCUT2D eigenvalue weighted by Crippen LogP contribution is -2.29. The Bertz CT molecular complexity index is 400. The SMILES string of the molecule is CC1(C(=O)O)CCc2ccc(F)cc21. The molecule has 1 atom stereocenters. The highest BCUT2D eigenvalue weighted by Crippen LogP contribution is 2.39. The Balaban J connectivity index is 2.58. The van der Waals surface area contributed by atoms with E-state index in [-0.39, 0.29) is 5.82 Å². The molecule has 0 heterocycles. The number of rotatable bonds is 1. The summed E-state index contributed by atoms with van der Waals surface area (Å²) in [4.78, 5) is 11.1. The third-order valence-corrected chi connectivity index (χ3v) is 3.03. The van der Waals surface area contributed by atoms with Gasteiger partial charge >= 0.3 is 5.97 Å². The third-order valence-electron chi connectivity index (χ3n) is 3.03. The number of benzene rings is 1. The summed E-state index contributed by atoms with van der Waals surface area (Å²) in [6.07, 6.45) is 1.28. The molecule has 0 saturated heterocycles. The van der Waals surface area contributed by atoms with Crippen LogP contribution >= 0.6 is 0 Å². The van der Waals surface area contributed by atoms with E-state index in [1.165, 1.54) is 12.1 Å². The molecule has 1 N–H and O–H groups in total. The zero-order valence-corrected chi connectivity index (χ0v) is 7.88. The van der Waals surface area contributed by atoms with Gasteiger partial charge < -0.3 is 5.11 Å². The van der Waals surface area contributed by atoms with Crippen LogP contribution in [0.2, 0.25) is 0 Å². The number of carboxylic acids is 1. The van der Waals surface area contributed by atoms with Crippen LogP contribution < -0.4 is 0 Å². The lowest BCUT2D eigenvalue weighted by atomic mass is 9.84. The maximum Gasteiger partial charge on any atom is 0.313 e. The Labute approximate surface area is 81.4 Å². The van der Waals surface area contributed by atoms with Gasteiger partial charge in [-0.2, -0.15) is 0 Å². The third kappa shape index (κ3) is 1.12. The molecular formula is C11H11FO2. The fourth-order valence-corrected chi connectivity index (χ4v) is 2.02. The number of carbonyl (C=O) groups is 1. The summed E-state index contributed by atoms with van der Waals surface area (Å²) < 4.78 is 13.0. The minimum atomic E-state index is -0.905. The van der Waals surface area contributed by atoms with Gasteiger partial charge in [-0.15, -0.1) is 0 Å². The molecule has 1 aromatic rings. The van der Waals surface area contributed by atoms with E-state index in [1.54, 1.807) is 13.0 Å². The molecule has 14 heavy (non-hydrogen) atoms. The van der Waals surface area contributed by atoms with Crippen LogP contribution in [0, 0.1) is 5.82 Å². The van der Waals surface area contributed by atoms with Crippen molar-refractivity contribution in [2.75, 3.05) is 0 Å². The lowest BCUT2D eigenvalue weighted by Gasteiger charge is -2.19. The number of carboxylic acid groups (broad SMARTS) is 1. The van der Waals surface area contributed by atoms with Crippen molar-refractivity contribution in [2.45, 2.75) is 25.2 Å². The largest absolute Gasteiger partial charge is 0.481 e. The van der Waals surface area contributed by atoms with Crippen molar-refractivity contribution >= 4 is 5.97 Å². The Hall–Kier alpha value is -1.38. The first kappa shape index (κ1) is 9.19. The van der Waals surface area contributed by atoms with Crippen LogP contribution in [0.1, 0.15) is 24.5 Å². The zero-order chi connectivity index (χ0) is 10.3. The highest BCUT2D eigenvalue weighted by Gasteiger charge is 2.41. The second kappa shape index (κ2) is 2.80. The van der Waals surface area contributed by atoms with E-state index >= 15 is 0 Å². The number of fused-ring (bicyclic) bond motifs is 1. The summed E-state index contributed by atoms with van der Waals surface area (Å²) in [5.41, 5.74) is 0.679. The Morgan fingerprint density at radius 1 is 1.57 bits per heavy atom. The molecule has 0 bridgehead atoms. The first-order valence-corrected chi connectivity index (χ1v) is 4.56. The molecule has 3 heteroatoms. The Kier molecular flexibility index (Phi) is 1.84. The van der Waals surface area contributed by atoms with Crippen molar-refractivity contribution in [1.29, 1.82) is 0 Å². The van der Waals surface area contributed by atoms with E-state index in [9.17, 15) is 9.18 Å². The predicted octanol–water partition coefficient (Wildman–Crippen LogP) is 2.11. The molecule has 1 unspecified atom stereocenters. The van der Waals surface area contributed by atoms with Gasteiger partial charge in [0, 0.05) is 0 Å². The quantitative estimate of drug-likeness (QED) is 0.743. The molecule has 0 aliphatic heterocycles. The van der Waals surface area contributed by atoms with Gasteiger partial charge in [0.25, 0.3) is 0 Å². The van der Waals surface area contributed by atoms with Crippen molar-refractivity contribution in [3.8, 4) is 0 Å². The summed E-state index contributed by atoms with van der Waals surface area (Å²) >= 11 is 0. The summed E-state index contributed by atoms with van der Waals surface area (Å²) in [6, 6.07) is 4.40. The molecule has 0 spiro atoms. The van der Waals surface area contributed by atoms with E-state index in [0.717, 1.165) is 12.0 Å². The fourth-order valence-electron chi connectivity index (χ4n) is 2.02. The van der Waals surface area contributed by atoms with Gasteiger partial charge in [0.1, 0.15) is 5.82 Å². The zero-order valence-electron chi connectivity index (χ0n) is 7.88. The average molecular weight is 194 g/mol. The lowest BCUT2D eigenvalue weighted by molar-refractivity contribution is -0.143. The molecule has 1 aromatic carbocycles. The van der Waals surface area contributed by atoms with Crippen molar-refractivity contribution in [3.05, 3.63) is 35.1 Å². The summed E-state index contributed by atoms with van der Waals surface area (Å²) in [7, 11) is 0. The average Bonchev–Trinajstić information content (AvgIpc) is 2.46. The normalized spacial score (nSPS) is 24.7. The molecule has 2 rings (SSSR count). The monoisotopic (exact) mass is 194 g/mol. The molecule has 1 aliphatic carbocycles. The van der Waals surface area contributed by atoms with Gasteiger partial charge in [0.15, 0.2) is 0 Å². The van der Waals surface area contributed by atoms with Crippen molar-refractivity contribution in [3.63, 3.8) is 0 Å². The van der Waals surface area contributed by atoms with Gasteiger partial charge in [0.05, 0.1) is 5.41 Å². The highest BCUT2D eigenvalue weighted by molar-refractivity contribution is 5.82. The maximum atomic E-state index is 13.0. The fraction of sp³-hybridized carbons (Fsp3) is 0.364. The topological polar surface area (TPSA) is 37.3 Å². The summed E-state index contributed by atoms with van der Waals surface area (Å²) in [6.45, 7) is 1.65. The van der Waals surface area contributed by atoms with Gasteiger partial charge in [-0.05, 0) is 43.0 Å². The van der Waals surface area contributed by atoms with Crippen LogP contribution in [0.5, 0.6) is 0 Å². The molecule has 2 nitrogen and oxygen atoms in total. The smallest absolute Gasteiger partial charge is 0.313 e. The van der Waals surface area contributed by atoms with Crippen molar-refractivity contribution in [1.82, 2.24) is 0 Å². The molecule has 0 aromatic heterocycles. The maximum absolute atomic E-state index is 13.0. The Morgan fingerprint density at radius 3 is 2.93 bits per heavy atom. The van der Waals surface area contributed by atoms with E-state index < -0.39 is 11.4 Å². The van der Waals surface area contributed by atoms with Gasteiger partial charge in [-0.25, -0.2) is 4.39 Å². The number of hydrogen-bond acceptors (Lipinski definition) is 1. The molecule has 74 valence electrons. The van der Waals surface area contributed by atoms with Gasteiger partial charge in [-0.1, -0.05) is 6.07 Å². The van der Waals surface area contributed by atoms with Crippen molar-refractivity contribution < 1.29 is 14.3 Å². The van der Waals surface area contributed by atoms with Gasteiger partial charge in [-0.3, -0.25) is 4.79 Å². The molecule has 0 amide bonds. The second-order valence-corrected chi connectivity index (χ2v) is 3.94. The van der Waals surface area contributed by atoms with E-state index in [0.29, 0.717) is 12.0 Å². The molecule has 0 fully saturated rings. The first-order valence-electron chi connectivity index (χ1n) is 4.56. The highest BCUT2D eigenvalue weighted by atomic mass is 19.1. The van der Waals surface area contributed by atoms with Crippen LogP contribution in [0.15, 0.2) is 18.2 Å². The summed E-state index contributed by atoms with van der Waals surface area (Å²) in [5, 5.41) is 9.09. The number of aliphatic carboxylic acids is 1. The standard InChI is InChI=1S/C11H11FO2/c1-11(10(13)14)5-4-7-2-3-8(12)6-9(7)11/h2-3,6H,4-5H2,1H3,(H,13,14). The number of aryl methyl sites for hydroxylation is 1. The molecule has 0 saturated carbocycles. The molecular weight excluding hydrogens is 183 g/mol. The van der Waals surface area contributed by atoms with Crippen LogP contribution in [0.4, 0.5) is 4.39 Å². The van der Waals surface area contributed by atoms with Gasteiger partial charge in [0.2, 0.25) is 0 Å². The van der Waals surface area contributed by atoms with Crippen LogP contribution in [-0.4, -0.2) is 11.1 Å². The number of hydrogen-bond donors (Lipinski definition) is 1. The van der Waals surface area contributed by atoms with Crippen LogP contribution in [0.3, 0.4) is 0 Å². The van der Waals surface area contributed by atoms with E-state index in [1.807, 2.05) is 0 Å². The Morgan fingerprint density at radius 2 is 2.29 bits per heavy atom. The molecule has 0 radical (unpaired) electrons. The van der Waals surface area contributed by atoms with Crippen molar-refractivity contribution in [2.24, 2.45) is 0 Å². The molecule has 1 aliphatic rings. The predicted molar refractivity (Wildman–Crippen MR) is 49.7 cm³/mol. The minimum Gasteiger partial charge on any atom is -0.481 e. The van der Waals surface area contributed by atoms with Crippen LogP contribution in [0.25, 0.3) is 0 Å². The van der Waals surface area contributed by atoms with E-state index in [4.69, 9.17) is 5.11 Å². The summed E-state index contributed by atoms with van der Waals surface area (Å²) in [5.74, 6) is -1.24.